The van der Waals surface area contributed by atoms with Crippen LogP contribution in [-0.2, 0) is 9.59 Å². The molecule has 0 unspecified atom stereocenters. The Morgan fingerprint density at radius 2 is 1.52 bits per heavy atom. The van der Waals surface area contributed by atoms with Crippen molar-refractivity contribution in [2.24, 2.45) is 11.8 Å². The van der Waals surface area contributed by atoms with Crippen LogP contribution in [0.25, 0.3) is 0 Å². The highest BCUT2D eigenvalue weighted by atomic mass is 35.5. The number of halogens is 1. The van der Waals surface area contributed by atoms with Crippen molar-refractivity contribution in [2.75, 3.05) is 5.32 Å². The fraction of sp³-hybridized carbons (Fsp3) is 0.238. The molecule has 0 spiro atoms. The van der Waals surface area contributed by atoms with Gasteiger partial charge in [-0.15, -0.1) is 11.6 Å². The molecule has 138 valence electrons. The Hall–Kier alpha value is -2.79. The molecular formula is C21H18ClNO4. The summed E-state index contributed by atoms with van der Waals surface area (Å²) in [5.41, 5.74) is 1.93. The van der Waals surface area contributed by atoms with Crippen LogP contribution in [-0.4, -0.2) is 28.6 Å². The summed E-state index contributed by atoms with van der Waals surface area (Å²) in [6.45, 7) is 3.13. The van der Waals surface area contributed by atoms with E-state index >= 15 is 0 Å². The molecular weight excluding hydrogens is 366 g/mol. The number of carbonyl (C=O) groups excluding carboxylic acids is 4. The molecule has 0 radical (unpaired) electrons. The molecule has 1 aliphatic carbocycles. The zero-order valence-electron chi connectivity index (χ0n) is 14.9. The Morgan fingerprint density at radius 1 is 0.963 bits per heavy atom. The lowest BCUT2D eigenvalue weighted by Crippen LogP contribution is -2.48. The number of rotatable bonds is 4. The number of ketones is 3. The Morgan fingerprint density at radius 3 is 2.07 bits per heavy atom. The molecule has 6 heteroatoms. The Bertz CT molecular complexity index is 935. The number of aryl methyl sites for hydroxylation is 1. The molecule has 1 N–H and O–H groups in total. The second kappa shape index (κ2) is 7.45. The number of fused-ring (bicyclic) bond motifs is 1. The first-order valence-electron chi connectivity index (χ1n) is 8.50. The topological polar surface area (TPSA) is 80.3 Å². The van der Waals surface area contributed by atoms with Gasteiger partial charge in [-0.25, -0.2) is 0 Å². The van der Waals surface area contributed by atoms with Gasteiger partial charge in [-0.05, 0) is 26.0 Å². The molecule has 0 saturated heterocycles. The van der Waals surface area contributed by atoms with E-state index in [1.807, 2.05) is 19.1 Å². The van der Waals surface area contributed by atoms with Gasteiger partial charge in [0.2, 0.25) is 5.91 Å². The molecule has 0 saturated carbocycles. The van der Waals surface area contributed by atoms with Crippen LogP contribution in [0.4, 0.5) is 5.69 Å². The Balaban J connectivity index is 1.96. The van der Waals surface area contributed by atoms with Gasteiger partial charge in [0, 0.05) is 16.8 Å². The van der Waals surface area contributed by atoms with Crippen LogP contribution in [0.2, 0.25) is 0 Å². The SMILES string of the molecule is CC(=O)[C@@H](C(=O)Nc1ccc(C)cc1)[C@H]1C(=O)c2ccccc2C(=O)[C@H]1Cl. The Kier molecular flexibility index (Phi) is 5.24. The van der Waals surface area contributed by atoms with E-state index in [1.165, 1.54) is 19.1 Å². The van der Waals surface area contributed by atoms with E-state index in [0.29, 0.717) is 5.69 Å². The molecule has 0 aromatic heterocycles. The molecule has 3 rings (SSSR count). The molecule has 27 heavy (non-hydrogen) atoms. The lowest BCUT2D eigenvalue weighted by Gasteiger charge is -2.31. The highest BCUT2D eigenvalue weighted by molar-refractivity contribution is 6.39. The summed E-state index contributed by atoms with van der Waals surface area (Å²) in [7, 11) is 0. The van der Waals surface area contributed by atoms with E-state index in [2.05, 4.69) is 5.32 Å². The van der Waals surface area contributed by atoms with E-state index in [4.69, 9.17) is 11.6 Å². The molecule has 1 amide bonds. The molecule has 3 atom stereocenters. The number of Topliss-reactive ketones (excluding diaryl/α,β-unsaturated/α-hetero) is 3. The van der Waals surface area contributed by atoms with Gasteiger partial charge >= 0.3 is 0 Å². The number of amides is 1. The predicted molar refractivity (Wildman–Crippen MR) is 102 cm³/mol. The summed E-state index contributed by atoms with van der Waals surface area (Å²) >= 11 is 6.26. The van der Waals surface area contributed by atoms with Gasteiger partial charge in [-0.3, -0.25) is 19.2 Å². The highest BCUT2D eigenvalue weighted by Gasteiger charge is 2.48. The van der Waals surface area contributed by atoms with Crippen molar-refractivity contribution in [1.82, 2.24) is 0 Å². The predicted octanol–water partition coefficient (Wildman–Crippen LogP) is 3.44. The standard InChI is InChI=1S/C21H18ClNO4/c1-11-7-9-13(10-8-11)23-21(27)16(12(2)24)17-18(22)20(26)15-6-4-3-5-14(15)19(17)25/h3-10,16-18H,1-2H3,(H,23,27)/t16-,17-,18+/m1/s1. The number of hydrogen-bond donors (Lipinski definition) is 1. The minimum Gasteiger partial charge on any atom is -0.325 e. The number of hydrogen-bond acceptors (Lipinski definition) is 4. The van der Waals surface area contributed by atoms with E-state index in [0.717, 1.165) is 5.56 Å². The van der Waals surface area contributed by atoms with Crippen LogP contribution in [0, 0.1) is 18.8 Å². The summed E-state index contributed by atoms with van der Waals surface area (Å²) in [6.07, 6.45) is 0. The maximum absolute atomic E-state index is 13.0. The zero-order chi connectivity index (χ0) is 19.7. The number of alkyl halides is 1. The lowest BCUT2D eigenvalue weighted by molar-refractivity contribution is -0.131. The first-order valence-corrected chi connectivity index (χ1v) is 8.94. The van der Waals surface area contributed by atoms with E-state index in [-0.39, 0.29) is 11.1 Å². The van der Waals surface area contributed by atoms with Gasteiger partial charge in [0.1, 0.15) is 17.1 Å². The van der Waals surface area contributed by atoms with Gasteiger partial charge < -0.3 is 5.32 Å². The Labute approximate surface area is 161 Å². The molecule has 2 aromatic rings. The summed E-state index contributed by atoms with van der Waals surface area (Å²) in [5.74, 6) is -4.68. The fourth-order valence-electron chi connectivity index (χ4n) is 3.31. The van der Waals surface area contributed by atoms with Crippen molar-refractivity contribution < 1.29 is 19.2 Å². The van der Waals surface area contributed by atoms with Crippen LogP contribution in [0.1, 0.15) is 33.2 Å². The van der Waals surface area contributed by atoms with E-state index in [9.17, 15) is 19.2 Å². The summed E-state index contributed by atoms with van der Waals surface area (Å²) < 4.78 is 0. The maximum atomic E-state index is 13.0. The van der Waals surface area contributed by atoms with Gasteiger partial charge in [0.25, 0.3) is 0 Å². The normalized spacial score (nSPS) is 20.0. The van der Waals surface area contributed by atoms with Crippen molar-refractivity contribution in [3.8, 4) is 0 Å². The van der Waals surface area contributed by atoms with Gasteiger partial charge in [0.05, 0.1) is 5.92 Å². The highest BCUT2D eigenvalue weighted by Crippen LogP contribution is 2.35. The van der Waals surface area contributed by atoms with E-state index < -0.39 is 40.5 Å². The van der Waals surface area contributed by atoms with Crippen molar-refractivity contribution in [1.29, 1.82) is 0 Å². The third kappa shape index (κ3) is 3.55. The average molecular weight is 384 g/mol. The molecule has 1 aliphatic rings. The summed E-state index contributed by atoms with van der Waals surface area (Å²) in [4.78, 5) is 50.6. The van der Waals surface area contributed by atoms with Crippen LogP contribution in [0.15, 0.2) is 48.5 Å². The number of carbonyl (C=O) groups is 4. The molecule has 0 fully saturated rings. The van der Waals surface area contributed by atoms with Gasteiger partial charge in [-0.1, -0.05) is 42.0 Å². The molecule has 5 nitrogen and oxygen atoms in total. The summed E-state index contributed by atoms with van der Waals surface area (Å²) in [5, 5.41) is 1.37. The number of nitrogens with one attached hydrogen (secondary N) is 1. The largest absolute Gasteiger partial charge is 0.325 e. The smallest absolute Gasteiger partial charge is 0.235 e. The first-order chi connectivity index (χ1) is 12.8. The number of anilines is 1. The minimum atomic E-state index is -1.35. The van der Waals surface area contributed by atoms with Crippen molar-refractivity contribution in [3.63, 3.8) is 0 Å². The quantitative estimate of drug-likeness (QED) is 0.647. The van der Waals surface area contributed by atoms with Crippen molar-refractivity contribution in [2.45, 2.75) is 19.2 Å². The minimum absolute atomic E-state index is 0.193. The maximum Gasteiger partial charge on any atom is 0.235 e. The molecule has 0 heterocycles. The lowest BCUT2D eigenvalue weighted by atomic mass is 9.73. The van der Waals surface area contributed by atoms with Crippen LogP contribution >= 0.6 is 11.6 Å². The monoisotopic (exact) mass is 383 g/mol. The number of benzene rings is 2. The third-order valence-electron chi connectivity index (χ3n) is 4.73. The van der Waals surface area contributed by atoms with Crippen LogP contribution in [0.5, 0.6) is 0 Å². The fourth-order valence-corrected chi connectivity index (χ4v) is 3.69. The molecule has 0 bridgehead atoms. The average Bonchev–Trinajstić information content (AvgIpc) is 2.64. The van der Waals surface area contributed by atoms with Crippen molar-refractivity contribution >= 4 is 40.5 Å². The van der Waals surface area contributed by atoms with E-state index in [1.54, 1.807) is 24.3 Å². The summed E-state index contributed by atoms with van der Waals surface area (Å²) in [6, 6.07) is 13.3. The second-order valence-electron chi connectivity index (χ2n) is 6.65. The van der Waals surface area contributed by atoms with Gasteiger partial charge in [0.15, 0.2) is 11.6 Å². The molecule has 2 aromatic carbocycles. The third-order valence-corrected chi connectivity index (χ3v) is 5.19. The second-order valence-corrected chi connectivity index (χ2v) is 7.12. The van der Waals surface area contributed by atoms with Crippen molar-refractivity contribution in [3.05, 3.63) is 65.2 Å². The van der Waals surface area contributed by atoms with Gasteiger partial charge in [-0.2, -0.15) is 0 Å². The van der Waals surface area contributed by atoms with Crippen LogP contribution in [0.3, 0.4) is 0 Å². The van der Waals surface area contributed by atoms with Crippen LogP contribution < -0.4 is 5.32 Å². The zero-order valence-corrected chi connectivity index (χ0v) is 15.6. The molecule has 0 aliphatic heterocycles. The first kappa shape index (κ1) is 19.0.